The minimum absolute atomic E-state index is 0.0838. The molecule has 0 unspecified atom stereocenters. The lowest BCUT2D eigenvalue weighted by Gasteiger charge is -2.29. The molecule has 0 bridgehead atoms. The highest BCUT2D eigenvalue weighted by Gasteiger charge is 2.24. The molecule has 0 aliphatic heterocycles. The summed E-state index contributed by atoms with van der Waals surface area (Å²) in [6, 6.07) is 0. The van der Waals surface area contributed by atoms with Gasteiger partial charge in [-0.05, 0) is 20.8 Å². The molecule has 1 rings (SSSR count). The van der Waals surface area contributed by atoms with Crippen molar-refractivity contribution in [2.75, 3.05) is 7.11 Å². The Morgan fingerprint density at radius 3 is 1.91 bits per heavy atom. The summed E-state index contributed by atoms with van der Waals surface area (Å²) in [6.07, 6.45) is 2.06. The van der Waals surface area contributed by atoms with E-state index in [-0.39, 0.29) is 5.60 Å². The van der Waals surface area contributed by atoms with Crippen LogP contribution in [0, 0.1) is 0 Å². The van der Waals surface area contributed by atoms with Gasteiger partial charge in [-0.3, -0.25) is 0 Å². The smallest absolute Gasteiger partial charge is 0.135 e. The van der Waals surface area contributed by atoms with Crippen molar-refractivity contribution < 1.29 is 9.47 Å². The summed E-state index contributed by atoms with van der Waals surface area (Å²) in [4.78, 5) is 0. The second-order valence-corrected chi connectivity index (χ2v) is 3.76. The Balaban J connectivity index is 2.51. The molecule has 0 aromatic carbocycles. The Morgan fingerprint density at radius 1 is 1.09 bits per heavy atom. The first-order valence-electron chi connectivity index (χ1n) is 3.98. The molecule has 1 aliphatic rings. The number of hydrogen-bond acceptors (Lipinski definition) is 2. The van der Waals surface area contributed by atoms with Gasteiger partial charge in [-0.1, -0.05) is 0 Å². The van der Waals surface area contributed by atoms with Gasteiger partial charge in [0.05, 0.1) is 7.11 Å². The van der Waals surface area contributed by atoms with E-state index in [0.29, 0.717) is 0 Å². The molecule has 0 aromatic rings. The maximum atomic E-state index is 5.63. The molecule has 2 heteroatoms. The molecule has 64 valence electrons. The zero-order valence-corrected chi connectivity index (χ0v) is 7.73. The van der Waals surface area contributed by atoms with E-state index in [1.807, 2.05) is 20.8 Å². The SMILES string of the molecule is COC1=C(OC(C)(C)C)CC1. The van der Waals surface area contributed by atoms with Crippen molar-refractivity contribution in [3.05, 3.63) is 11.5 Å². The van der Waals surface area contributed by atoms with E-state index >= 15 is 0 Å². The topological polar surface area (TPSA) is 18.5 Å². The molecule has 0 amide bonds. The molecule has 0 spiro atoms. The minimum atomic E-state index is -0.0838. The Kier molecular flexibility index (Phi) is 2.12. The first-order chi connectivity index (χ1) is 5.03. The second-order valence-electron chi connectivity index (χ2n) is 3.76. The highest BCUT2D eigenvalue weighted by atomic mass is 16.5. The van der Waals surface area contributed by atoms with Crippen molar-refractivity contribution >= 4 is 0 Å². The largest absolute Gasteiger partial charge is 0.498 e. The average molecular weight is 156 g/mol. The fraction of sp³-hybridized carbons (Fsp3) is 0.778. The molecule has 0 heterocycles. The Bertz CT molecular complexity index is 174. The maximum absolute atomic E-state index is 5.63. The van der Waals surface area contributed by atoms with Gasteiger partial charge >= 0.3 is 0 Å². The van der Waals surface area contributed by atoms with Crippen molar-refractivity contribution in [3.63, 3.8) is 0 Å². The molecule has 0 aromatic heterocycles. The lowest BCUT2D eigenvalue weighted by Crippen LogP contribution is -2.23. The number of hydrogen-bond donors (Lipinski definition) is 0. The summed E-state index contributed by atoms with van der Waals surface area (Å²) < 4.78 is 10.7. The third-order valence-electron chi connectivity index (χ3n) is 1.57. The van der Waals surface area contributed by atoms with Crippen LogP contribution in [0.25, 0.3) is 0 Å². The van der Waals surface area contributed by atoms with Gasteiger partial charge in [-0.15, -0.1) is 0 Å². The van der Waals surface area contributed by atoms with Gasteiger partial charge in [-0.25, -0.2) is 0 Å². The average Bonchev–Trinajstić information content (AvgIpc) is 1.80. The summed E-state index contributed by atoms with van der Waals surface area (Å²) in [6.45, 7) is 6.14. The van der Waals surface area contributed by atoms with Crippen LogP contribution in [-0.4, -0.2) is 12.7 Å². The van der Waals surface area contributed by atoms with Crippen LogP contribution in [0.5, 0.6) is 0 Å². The molecule has 2 nitrogen and oxygen atoms in total. The predicted octanol–water partition coefficient (Wildman–Crippen LogP) is 2.45. The molecule has 0 N–H and O–H groups in total. The zero-order chi connectivity index (χ0) is 8.48. The molecule has 11 heavy (non-hydrogen) atoms. The minimum Gasteiger partial charge on any atom is -0.498 e. The van der Waals surface area contributed by atoms with Crippen molar-refractivity contribution in [2.24, 2.45) is 0 Å². The predicted molar refractivity (Wildman–Crippen MR) is 44.1 cm³/mol. The number of allylic oxidation sites excluding steroid dienone is 2. The third kappa shape index (κ3) is 2.14. The Hall–Kier alpha value is -0.660. The summed E-state index contributed by atoms with van der Waals surface area (Å²) in [5.74, 6) is 2.04. The van der Waals surface area contributed by atoms with Gasteiger partial charge in [-0.2, -0.15) is 0 Å². The van der Waals surface area contributed by atoms with Gasteiger partial charge in [0.2, 0.25) is 0 Å². The normalized spacial score (nSPS) is 17.8. The lowest BCUT2D eigenvalue weighted by atomic mass is 10.0. The molecule has 0 atom stereocenters. The Morgan fingerprint density at radius 2 is 1.64 bits per heavy atom. The quantitative estimate of drug-likeness (QED) is 0.611. The van der Waals surface area contributed by atoms with Gasteiger partial charge < -0.3 is 9.47 Å². The number of ether oxygens (including phenoxy) is 2. The summed E-state index contributed by atoms with van der Waals surface area (Å²) in [5, 5.41) is 0. The molecule has 0 saturated carbocycles. The molecule has 1 aliphatic carbocycles. The standard InChI is InChI=1S/C9H16O2/c1-9(2,3)11-8-6-5-7(8)10-4/h5-6H2,1-4H3. The molecular formula is C9H16O2. The number of rotatable bonds is 2. The van der Waals surface area contributed by atoms with Crippen molar-refractivity contribution in [1.29, 1.82) is 0 Å². The van der Waals surface area contributed by atoms with E-state index in [1.165, 1.54) is 0 Å². The molecular weight excluding hydrogens is 140 g/mol. The van der Waals surface area contributed by atoms with Gasteiger partial charge in [0.15, 0.2) is 0 Å². The van der Waals surface area contributed by atoms with E-state index in [4.69, 9.17) is 9.47 Å². The second kappa shape index (κ2) is 2.76. The highest BCUT2D eigenvalue weighted by molar-refractivity contribution is 5.13. The fourth-order valence-corrected chi connectivity index (χ4v) is 1.02. The van der Waals surface area contributed by atoms with Crippen molar-refractivity contribution in [2.45, 2.75) is 39.2 Å². The zero-order valence-electron chi connectivity index (χ0n) is 7.73. The summed E-state index contributed by atoms with van der Waals surface area (Å²) >= 11 is 0. The van der Waals surface area contributed by atoms with Crippen LogP contribution in [0.1, 0.15) is 33.6 Å². The maximum Gasteiger partial charge on any atom is 0.135 e. The van der Waals surface area contributed by atoms with Crippen molar-refractivity contribution in [1.82, 2.24) is 0 Å². The monoisotopic (exact) mass is 156 g/mol. The fourth-order valence-electron chi connectivity index (χ4n) is 1.02. The third-order valence-corrected chi connectivity index (χ3v) is 1.57. The van der Waals surface area contributed by atoms with Gasteiger partial charge in [0.25, 0.3) is 0 Å². The molecule has 0 fully saturated rings. The first-order valence-corrected chi connectivity index (χ1v) is 3.98. The van der Waals surface area contributed by atoms with Gasteiger partial charge in [0.1, 0.15) is 17.1 Å². The van der Waals surface area contributed by atoms with E-state index in [9.17, 15) is 0 Å². The van der Waals surface area contributed by atoms with E-state index in [1.54, 1.807) is 7.11 Å². The summed E-state index contributed by atoms with van der Waals surface area (Å²) in [5.41, 5.74) is -0.0838. The van der Waals surface area contributed by atoms with Crippen LogP contribution in [-0.2, 0) is 9.47 Å². The van der Waals surface area contributed by atoms with Gasteiger partial charge in [0, 0.05) is 12.8 Å². The van der Waals surface area contributed by atoms with Crippen LogP contribution in [0.15, 0.2) is 11.5 Å². The molecule has 0 saturated heterocycles. The van der Waals surface area contributed by atoms with Crippen LogP contribution < -0.4 is 0 Å². The first kappa shape index (κ1) is 8.44. The van der Waals surface area contributed by atoms with Crippen molar-refractivity contribution in [3.8, 4) is 0 Å². The van der Waals surface area contributed by atoms with E-state index in [0.717, 1.165) is 24.4 Å². The van der Waals surface area contributed by atoms with Crippen LogP contribution >= 0.6 is 0 Å². The summed E-state index contributed by atoms with van der Waals surface area (Å²) in [7, 11) is 1.69. The van der Waals surface area contributed by atoms with Crippen LogP contribution in [0.4, 0.5) is 0 Å². The lowest BCUT2D eigenvalue weighted by molar-refractivity contribution is 0.0210. The number of methoxy groups -OCH3 is 1. The highest BCUT2D eigenvalue weighted by Crippen LogP contribution is 2.32. The van der Waals surface area contributed by atoms with E-state index in [2.05, 4.69) is 0 Å². The Labute approximate surface area is 68.2 Å². The van der Waals surface area contributed by atoms with Crippen LogP contribution in [0.2, 0.25) is 0 Å². The molecule has 0 radical (unpaired) electrons. The van der Waals surface area contributed by atoms with Crippen LogP contribution in [0.3, 0.4) is 0 Å². The van der Waals surface area contributed by atoms with E-state index < -0.39 is 0 Å².